The van der Waals surface area contributed by atoms with Gasteiger partial charge < -0.3 is 9.84 Å². The predicted molar refractivity (Wildman–Crippen MR) is 72.6 cm³/mol. The van der Waals surface area contributed by atoms with E-state index in [-0.39, 0.29) is 11.3 Å². The van der Waals surface area contributed by atoms with Gasteiger partial charge in [-0.25, -0.2) is 4.79 Å². The molecule has 0 unspecified atom stereocenters. The van der Waals surface area contributed by atoms with Gasteiger partial charge in [0.05, 0.1) is 12.2 Å². The van der Waals surface area contributed by atoms with Crippen molar-refractivity contribution < 1.29 is 27.8 Å². The topological polar surface area (TPSA) is 58.6 Å². The molecule has 0 atom stereocenters. The van der Waals surface area contributed by atoms with Crippen molar-refractivity contribution in [1.29, 1.82) is 0 Å². The van der Waals surface area contributed by atoms with Crippen LogP contribution in [0.3, 0.4) is 0 Å². The highest BCUT2D eigenvalue weighted by molar-refractivity contribution is 6.67. The van der Waals surface area contributed by atoms with Gasteiger partial charge in [-0.15, -0.1) is 0 Å². The van der Waals surface area contributed by atoms with Crippen molar-refractivity contribution in [3.8, 4) is 0 Å². The Hall–Kier alpha value is -0.890. The smallest absolute Gasteiger partial charge is 0.416 e. The van der Waals surface area contributed by atoms with Crippen LogP contribution in [-0.2, 0) is 17.5 Å². The van der Waals surface area contributed by atoms with Gasteiger partial charge in [0.15, 0.2) is 0 Å². The van der Waals surface area contributed by atoms with Gasteiger partial charge in [-0.1, -0.05) is 34.8 Å². The van der Waals surface area contributed by atoms with Crippen LogP contribution in [0.25, 0.3) is 0 Å². The molecule has 1 aromatic rings. The Morgan fingerprint density at radius 2 is 1.86 bits per heavy atom. The van der Waals surface area contributed by atoms with E-state index in [2.05, 4.69) is 10.1 Å². The monoisotopic (exact) mass is 365 g/mol. The molecule has 1 amide bonds. The van der Waals surface area contributed by atoms with Crippen molar-refractivity contribution in [3.63, 3.8) is 0 Å². The first kappa shape index (κ1) is 18.2. The van der Waals surface area contributed by atoms with E-state index < -0.39 is 34.8 Å². The average molecular weight is 367 g/mol. The number of hydrogen-bond donors (Lipinski definition) is 2. The van der Waals surface area contributed by atoms with Gasteiger partial charge in [-0.3, -0.25) is 5.32 Å². The quantitative estimate of drug-likeness (QED) is 0.791. The number of rotatable bonds is 3. The molecule has 10 heteroatoms. The lowest BCUT2D eigenvalue weighted by Crippen LogP contribution is -2.21. The Labute approximate surface area is 132 Å². The molecule has 0 bridgehead atoms. The number of alkyl halides is 6. The molecular weight excluding hydrogens is 357 g/mol. The van der Waals surface area contributed by atoms with Gasteiger partial charge >= 0.3 is 12.3 Å². The molecule has 0 saturated heterocycles. The Kier molecular flexibility index (Phi) is 5.98. The maximum atomic E-state index is 12.6. The summed E-state index contributed by atoms with van der Waals surface area (Å²) in [6.45, 7) is -1.20. The molecule has 4 nitrogen and oxygen atoms in total. The van der Waals surface area contributed by atoms with Crippen LogP contribution < -0.4 is 5.32 Å². The third-order valence-electron chi connectivity index (χ3n) is 2.12. The van der Waals surface area contributed by atoms with E-state index in [4.69, 9.17) is 39.9 Å². The summed E-state index contributed by atoms with van der Waals surface area (Å²) in [5, 5.41) is 11.0. The summed E-state index contributed by atoms with van der Waals surface area (Å²) in [7, 11) is 0. The molecule has 0 radical (unpaired) electrons. The minimum atomic E-state index is -4.62. The normalized spacial score (nSPS) is 12.1. The fourth-order valence-electron chi connectivity index (χ4n) is 1.32. The van der Waals surface area contributed by atoms with Crippen molar-refractivity contribution in [2.45, 2.75) is 16.6 Å². The minimum Gasteiger partial charge on any atom is -0.445 e. The number of benzene rings is 1. The highest BCUT2D eigenvalue weighted by atomic mass is 35.6. The molecule has 0 heterocycles. The molecular formula is C11H9Cl3F3NO3. The van der Waals surface area contributed by atoms with Crippen LogP contribution in [0, 0.1) is 0 Å². The number of carbonyl (C=O) groups excluding carboxylic acids is 1. The summed E-state index contributed by atoms with van der Waals surface area (Å²) in [5.74, 6) is 0. The summed E-state index contributed by atoms with van der Waals surface area (Å²) in [4.78, 5) is 11.4. The van der Waals surface area contributed by atoms with E-state index in [1.165, 1.54) is 0 Å². The molecule has 2 N–H and O–H groups in total. The van der Waals surface area contributed by atoms with Gasteiger partial charge in [0.2, 0.25) is 3.79 Å². The second-order valence-corrected chi connectivity index (χ2v) is 6.41. The van der Waals surface area contributed by atoms with Crippen LogP contribution in [0.1, 0.15) is 11.1 Å². The molecule has 0 fully saturated rings. The third kappa shape index (κ3) is 6.60. The van der Waals surface area contributed by atoms with E-state index in [9.17, 15) is 18.0 Å². The van der Waals surface area contributed by atoms with Crippen LogP contribution in [0.5, 0.6) is 0 Å². The van der Waals surface area contributed by atoms with Gasteiger partial charge in [0, 0.05) is 5.69 Å². The maximum Gasteiger partial charge on any atom is 0.416 e. The minimum absolute atomic E-state index is 0.0264. The number of ether oxygens (including phenoxy) is 1. The number of carbonyl (C=O) groups is 1. The molecule has 118 valence electrons. The molecule has 21 heavy (non-hydrogen) atoms. The number of nitrogens with one attached hydrogen (secondary N) is 1. The Morgan fingerprint density at radius 1 is 1.24 bits per heavy atom. The predicted octanol–water partition coefficient (Wildman–Crippen LogP) is 4.12. The van der Waals surface area contributed by atoms with Crippen LogP contribution in [0.2, 0.25) is 0 Å². The summed E-state index contributed by atoms with van der Waals surface area (Å²) >= 11 is 16.1. The van der Waals surface area contributed by atoms with Gasteiger partial charge in [-0.05, 0) is 23.8 Å². The number of aliphatic hydroxyl groups excluding tert-OH is 1. The summed E-state index contributed by atoms with van der Waals surface area (Å²) < 4.78 is 40.6. The zero-order valence-corrected chi connectivity index (χ0v) is 12.4. The molecule has 0 spiro atoms. The molecule has 0 saturated carbocycles. The van der Waals surface area contributed by atoms with Crippen LogP contribution >= 0.6 is 34.8 Å². The second-order valence-electron chi connectivity index (χ2n) is 3.89. The number of halogens is 6. The fraction of sp³-hybridized carbons (Fsp3) is 0.364. The lowest BCUT2D eigenvalue weighted by Gasteiger charge is -2.14. The van der Waals surface area contributed by atoms with Crippen LogP contribution in [0.15, 0.2) is 18.2 Å². The van der Waals surface area contributed by atoms with E-state index >= 15 is 0 Å². The average Bonchev–Trinajstić information content (AvgIpc) is 2.34. The molecule has 1 rings (SSSR count). The number of aliphatic hydroxyl groups is 1. The molecule has 0 aliphatic carbocycles. The number of amides is 1. The van der Waals surface area contributed by atoms with Crippen molar-refractivity contribution in [2.75, 3.05) is 11.9 Å². The zero-order valence-electron chi connectivity index (χ0n) is 10.2. The SMILES string of the molecule is O=C(Nc1cc(CO)cc(C(F)(F)F)c1)OCC(Cl)(Cl)Cl. The van der Waals surface area contributed by atoms with Crippen molar-refractivity contribution in [2.24, 2.45) is 0 Å². The highest BCUT2D eigenvalue weighted by Crippen LogP contribution is 2.32. The molecule has 1 aromatic carbocycles. The Bertz CT molecular complexity index is 518. The first-order valence-corrected chi connectivity index (χ1v) is 6.47. The summed E-state index contributed by atoms with van der Waals surface area (Å²) in [6.07, 6.45) is -5.71. The van der Waals surface area contributed by atoms with E-state index in [0.717, 1.165) is 12.1 Å². The standard InChI is InChI=1S/C11H9Cl3F3NO3/c12-10(13,14)5-21-9(20)18-8-2-6(4-19)1-7(3-8)11(15,16)17/h1-3,19H,4-5H2,(H,18,20). The fourth-order valence-corrected chi connectivity index (χ4v) is 1.48. The molecule has 0 aliphatic rings. The van der Waals surface area contributed by atoms with Crippen LogP contribution in [-0.4, -0.2) is 21.6 Å². The van der Waals surface area contributed by atoms with Gasteiger partial charge in [0.1, 0.15) is 6.61 Å². The largest absolute Gasteiger partial charge is 0.445 e. The summed E-state index contributed by atoms with van der Waals surface area (Å²) in [6, 6.07) is 2.61. The zero-order chi connectivity index (χ0) is 16.3. The van der Waals surface area contributed by atoms with Crippen molar-refractivity contribution >= 4 is 46.6 Å². The number of hydrogen-bond acceptors (Lipinski definition) is 3. The first-order valence-electron chi connectivity index (χ1n) is 5.34. The lowest BCUT2D eigenvalue weighted by molar-refractivity contribution is -0.137. The summed E-state index contributed by atoms with van der Waals surface area (Å²) in [5.41, 5.74) is -1.25. The third-order valence-corrected chi connectivity index (χ3v) is 2.44. The molecule has 0 aromatic heterocycles. The van der Waals surface area contributed by atoms with E-state index in [1.807, 2.05) is 0 Å². The van der Waals surface area contributed by atoms with Gasteiger partial charge in [0.25, 0.3) is 0 Å². The lowest BCUT2D eigenvalue weighted by atomic mass is 10.1. The highest BCUT2D eigenvalue weighted by Gasteiger charge is 2.31. The van der Waals surface area contributed by atoms with Gasteiger partial charge in [-0.2, -0.15) is 13.2 Å². The Balaban J connectivity index is 2.85. The Morgan fingerprint density at radius 3 is 2.33 bits per heavy atom. The van der Waals surface area contributed by atoms with Crippen LogP contribution in [0.4, 0.5) is 23.7 Å². The first-order chi connectivity index (χ1) is 9.51. The van der Waals surface area contributed by atoms with E-state index in [1.54, 1.807) is 0 Å². The van der Waals surface area contributed by atoms with E-state index in [0.29, 0.717) is 6.07 Å². The number of anilines is 1. The van der Waals surface area contributed by atoms with Crippen molar-refractivity contribution in [1.82, 2.24) is 0 Å². The second kappa shape index (κ2) is 6.91. The van der Waals surface area contributed by atoms with Crippen molar-refractivity contribution in [3.05, 3.63) is 29.3 Å². The molecule has 0 aliphatic heterocycles. The maximum absolute atomic E-state index is 12.6.